The number of aromatic nitrogens is 1. The number of aryl methyl sites for hydroxylation is 1. The van der Waals surface area contributed by atoms with Crippen LogP contribution in [0.5, 0.6) is 5.75 Å². The predicted octanol–water partition coefficient (Wildman–Crippen LogP) is 3.00. The molecule has 0 aliphatic rings. The van der Waals surface area contributed by atoms with Gasteiger partial charge in [0.25, 0.3) is 0 Å². The first-order valence-electron chi connectivity index (χ1n) is 8.20. The minimum Gasteiger partial charge on any atom is -0.497 e. The molecule has 1 aromatic heterocycles. The third-order valence-electron chi connectivity index (χ3n) is 3.93. The van der Waals surface area contributed by atoms with Crippen molar-refractivity contribution in [3.05, 3.63) is 52.1 Å². The van der Waals surface area contributed by atoms with E-state index in [9.17, 15) is 18.8 Å². The fraction of sp³-hybridized carbons (Fsp3) is 0.316. The highest BCUT2D eigenvalue weighted by molar-refractivity contribution is 6.03. The lowest BCUT2D eigenvalue weighted by Crippen LogP contribution is -2.16. The first-order chi connectivity index (χ1) is 12.8. The van der Waals surface area contributed by atoms with Crippen LogP contribution in [0.25, 0.3) is 0 Å². The second-order valence-corrected chi connectivity index (χ2v) is 5.69. The minimum absolute atomic E-state index is 0.138. The molecule has 0 spiro atoms. The van der Waals surface area contributed by atoms with Gasteiger partial charge in [-0.25, -0.2) is 14.0 Å². The van der Waals surface area contributed by atoms with E-state index in [1.54, 1.807) is 20.8 Å². The van der Waals surface area contributed by atoms with Gasteiger partial charge in [0.1, 0.15) is 11.6 Å². The van der Waals surface area contributed by atoms with Crippen LogP contribution in [0.2, 0.25) is 0 Å². The molecule has 2 rings (SSSR count). The van der Waals surface area contributed by atoms with Gasteiger partial charge in [-0.15, -0.1) is 0 Å². The molecule has 7 nitrogen and oxygen atoms in total. The molecule has 0 aliphatic heterocycles. The smallest absolute Gasteiger partial charge is 0.341 e. The van der Waals surface area contributed by atoms with Crippen molar-refractivity contribution in [3.8, 4) is 5.75 Å². The lowest BCUT2D eigenvalue weighted by molar-refractivity contribution is 0.0467. The average molecular weight is 377 g/mol. The molecule has 0 aliphatic carbocycles. The molecule has 27 heavy (non-hydrogen) atoms. The van der Waals surface area contributed by atoms with Crippen LogP contribution in [0.15, 0.2) is 18.2 Å². The maximum atomic E-state index is 13.9. The third-order valence-corrected chi connectivity index (χ3v) is 3.93. The third kappa shape index (κ3) is 4.33. The maximum Gasteiger partial charge on any atom is 0.341 e. The number of rotatable bonds is 7. The summed E-state index contributed by atoms with van der Waals surface area (Å²) in [5.74, 6) is -2.63. The number of ether oxygens (including phenoxy) is 3. The number of Topliss-reactive ketones (excluding diaryl/α,β-unsaturated/α-hetero) is 1. The van der Waals surface area contributed by atoms with E-state index in [1.165, 1.54) is 19.2 Å². The van der Waals surface area contributed by atoms with Gasteiger partial charge in [-0.2, -0.15) is 0 Å². The molecule has 0 saturated heterocycles. The Balaban J connectivity index is 2.11. The molecule has 2 aromatic rings. The number of nitrogens with one attached hydrogen (secondary N) is 1. The quantitative estimate of drug-likeness (QED) is 0.589. The van der Waals surface area contributed by atoms with Crippen LogP contribution >= 0.6 is 0 Å². The number of carbonyl (C=O) groups excluding carboxylic acids is 3. The summed E-state index contributed by atoms with van der Waals surface area (Å²) in [7, 11) is 1.37. The number of methoxy groups -OCH3 is 1. The number of carbonyl (C=O) groups is 3. The van der Waals surface area contributed by atoms with Gasteiger partial charge in [0.15, 0.2) is 6.61 Å². The van der Waals surface area contributed by atoms with E-state index < -0.39 is 30.1 Å². The zero-order valence-electron chi connectivity index (χ0n) is 15.5. The summed E-state index contributed by atoms with van der Waals surface area (Å²) in [6.07, 6.45) is 0. The van der Waals surface area contributed by atoms with Gasteiger partial charge in [0.05, 0.1) is 30.5 Å². The Morgan fingerprint density at radius 2 is 1.81 bits per heavy atom. The standard InChI is InChI=1S/C19H20FNO6/c1-5-26-19(24)16-10(2)17(21-11(16)3)15(22)9-27-18(23)13-7-6-12(25-4)8-14(13)20/h6-8,21H,5,9H2,1-4H3. The Hall–Kier alpha value is -3.16. The summed E-state index contributed by atoms with van der Waals surface area (Å²) < 4.78 is 28.6. The second kappa shape index (κ2) is 8.48. The topological polar surface area (TPSA) is 94.7 Å². The van der Waals surface area contributed by atoms with Crippen molar-refractivity contribution in [2.75, 3.05) is 20.3 Å². The molecule has 0 atom stereocenters. The summed E-state index contributed by atoms with van der Waals surface area (Å²) >= 11 is 0. The van der Waals surface area contributed by atoms with Crippen molar-refractivity contribution in [2.45, 2.75) is 20.8 Å². The summed E-state index contributed by atoms with van der Waals surface area (Å²) in [6.45, 7) is 4.51. The molecule has 0 amide bonds. The number of aromatic amines is 1. The highest BCUT2D eigenvalue weighted by Crippen LogP contribution is 2.20. The van der Waals surface area contributed by atoms with E-state index >= 15 is 0 Å². The fourth-order valence-electron chi connectivity index (χ4n) is 2.61. The Bertz CT molecular complexity index is 887. The normalized spacial score (nSPS) is 10.4. The zero-order valence-corrected chi connectivity index (χ0v) is 15.5. The Kier molecular flexibility index (Phi) is 6.33. The summed E-state index contributed by atoms with van der Waals surface area (Å²) in [4.78, 5) is 39.2. The fourth-order valence-corrected chi connectivity index (χ4v) is 2.61. The number of halogens is 1. The number of esters is 2. The van der Waals surface area contributed by atoms with Gasteiger partial charge < -0.3 is 19.2 Å². The first kappa shape index (κ1) is 20.2. The average Bonchev–Trinajstić information content (AvgIpc) is 2.93. The minimum atomic E-state index is -0.977. The first-order valence-corrected chi connectivity index (χ1v) is 8.20. The van der Waals surface area contributed by atoms with Gasteiger partial charge in [-0.1, -0.05) is 0 Å². The molecule has 0 bridgehead atoms. The van der Waals surface area contributed by atoms with E-state index in [0.29, 0.717) is 11.3 Å². The molecule has 0 fully saturated rings. The van der Waals surface area contributed by atoms with Crippen molar-refractivity contribution in [3.63, 3.8) is 0 Å². The number of hydrogen-bond donors (Lipinski definition) is 1. The summed E-state index contributed by atoms with van der Waals surface area (Å²) in [6, 6.07) is 3.66. The molecule has 144 valence electrons. The number of benzene rings is 1. The van der Waals surface area contributed by atoms with Gasteiger partial charge in [-0.05, 0) is 38.5 Å². The van der Waals surface area contributed by atoms with Crippen LogP contribution in [0.4, 0.5) is 4.39 Å². The molecular formula is C19H20FNO6. The van der Waals surface area contributed by atoms with Crippen LogP contribution in [0.3, 0.4) is 0 Å². The molecular weight excluding hydrogens is 357 g/mol. The van der Waals surface area contributed by atoms with E-state index in [2.05, 4.69) is 4.98 Å². The van der Waals surface area contributed by atoms with E-state index in [0.717, 1.165) is 6.07 Å². The SMILES string of the molecule is CCOC(=O)c1c(C)[nH]c(C(=O)COC(=O)c2ccc(OC)cc2F)c1C. The van der Waals surface area contributed by atoms with Crippen molar-refractivity contribution < 1.29 is 33.0 Å². The molecule has 0 unspecified atom stereocenters. The number of ketones is 1. The van der Waals surface area contributed by atoms with Crippen LogP contribution < -0.4 is 4.74 Å². The van der Waals surface area contributed by atoms with E-state index in [-0.39, 0.29) is 29.2 Å². The highest BCUT2D eigenvalue weighted by Gasteiger charge is 2.24. The van der Waals surface area contributed by atoms with Crippen LogP contribution in [0.1, 0.15) is 49.4 Å². The van der Waals surface area contributed by atoms with Crippen molar-refractivity contribution in [1.82, 2.24) is 4.98 Å². The van der Waals surface area contributed by atoms with Crippen LogP contribution in [0, 0.1) is 19.7 Å². The largest absolute Gasteiger partial charge is 0.497 e. The van der Waals surface area contributed by atoms with Crippen LogP contribution in [-0.2, 0) is 9.47 Å². The Morgan fingerprint density at radius 1 is 1.11 bits per heavy atom. The van der Waals surface area contributed by atoms with E-state index in [4.69, 9.17) is 14.2 Å². The van der Waals surface area contributed by atoms with Crippen molar-refractivity contribution in [2.24, 2.45) is 0 Å². The second-order valence-electron chi connectivity index (χ2n) is 5.69. The monoisotopic (exact) mass is 377 g/mol. The predicted molar refractivity (Wildman–Crippen MR) is 93.8 cm³/mol. The lowest BCUT2D eigenvalue weighted by Gasteiger charge is -2.07. The highest BCUT2D eigenvalue weighted by atomic mass is 19.1. The summed E-state index contributed by atoms with van der Waals surface area (Å²) in [5.41, 5.74) is 0.978. The van der Waals surface area contributed by atoms with Gasteiger partial charge in [0, 0.05) is 11.8 Å². The Labute approximate surface area is 155 Å². The van der Waals surface area contributed by atoms with Crippen molar-refractivity contribution >= 4 is 17.7 Å². The molecule has 1 heterocycles. The Morgan fingerprint density at radius 3 is 2.41 bits per heavy atom. The van der Waals surface area contributed by atoms with Crippen molar-refractivity contribution in [1.29, 1.82) is 0 Å². The van der Waals surface area contributed by atoms with Gasteiger partial charge >= 0.3 is 11.9 Å². The van der Waals surface area contributed by atoms with Gasteiger partial charge in [-0.3, -0.25) is 4.79 Å². The molecule has 0 saturated carbocycles. The number of H-pyrrole nitrogens is 1. The summed E-state index contributed by atoms with van der Waals surface area (Å²) in [5, 5.41) is 0. The molecule has 1 N–H and O–H groups in total. The lowest BCUT2D eigenvalue weighted by atomic mass is 10.1. The van der Waals surface area contributed by atoms with Crippen LogP contribution in [-0.4, -0.2) is 43.0 Å². The maximum absolute atomic E-state index is 13.9. The van der Waals surface area contributed by atoms with E-state index in [1.807, 2.05) is 0 Å². The molecule has 8 heteroatoms. The number of hydrogen-bond acceptors (Lipinski definition) is 6. The molecule has 0 radical (unpaired) electrons. The van der Waals surface area contributed by atoms with Gasteiger partial charge in [0.2, 0.25) is 5.78 Å². The zero-order chi connectivity index (χ0) is 20.1. The molecule has 1 aromatic carbocycles.